The summed E-state index contributed by atoms with van der Waals surface area (Å²) in [5.41, 5.74) is 1.97. The van der Waals surface area contributed by atoms with E-state index in [0.29, 0.717) is 42.8 Å². The largest absolute Gasteiger partial charge is 0.354 e. The summed E-state index contributed by atoms with van der Waals surface area (Å²) in [7, 11) is 1.55. The van der Waals surface area contributed by atoms with Gasteiger partial charge < -0.3 is 20.1 Å². The fraction of sp³-hybridized carbons (Fsp3) is 0.588. The van der Waals surface area contributed by atoms with E-state index in [4.69, 9.17) is 4.52 Å². The van der Waals surface area contributed by atoms with Gasteiger partial charge in [-0.05, 0) is 12.8 Å². The number of urea groups is 1. The highest BCUT2D eigenvalue weighted by Crippen LogP contribution is 2.21. The van der Waals surface area contributed by atoms with Crippen molar-refractivity contribution in [2.45, 2.75) is 46.2 Å². The third-order valence-electron chi connectivity index (χ3n) is 4.45. The third-order valence-corrected chi connectivity index (χ3v) is 4.45. The predicted molar refractivity (Wildman–Crippen MR) is 95.9 cm³/mol. The van der Waals surface area contributed by atoms with Gasteiger partial charge in [-0.15, -0.1) is 0 Å². The number of H-pyrrole nitrogens is 1. The molecule has 0 fully saturated rings. The molecule has 3 heterocycles. The molecule has 0 radical (unpaired) electrons. The second-order valence-corrected chi connectivity index (χ2v) is 7.10. The van der Waals surface area contributed by atoms with Crippen LogP contribution in [-0.2, 0) is 19.4 Å². The first-order valence-electron chi connectivity index (χ1n) is 9.05. The van der Waals surface area contributed by atoms with Crippen molar-refractivity contribution in [3.8, 4) is 0 Å². The van der Waals surface area contributed by atoms with Crippen molar-refractivity contribution < 1.29 is 14.1 Å². The lowest BCUT2D eigenvalue weighted by Gasteiger charge is -2.28. The van der Waals surface area contributed by atoms with Gasteiger partial charge in [0.2, 0.25) is 5.89 Å². The first-order chi connectivity index (χ1) is 12.9. The molecule has 3 rings (SSSR count). The average Bonchev–Trinajstić information content (AvgIpc) is 3.26. The summed E-state index contributed by atoms with van der Waals surface area (Å²) in [5, 5.41) is 16.3. The molecule has 2 aromatic rings. The quantitative estimate of drug-likeness (QED) is 0.720. The summed E-state index contributed by atoms with van der Waals surface area (Å²) >= 11 is 0. The molecule has 1 atom stereocenters. The Morgan fingerprint density at radius 1 is 1.33 bits per heavy atom. The highest BCUT2D eigenvalue weighted by atomic mass is 16.5. The number of aromatic nitrogens is 4. The van der Waals surface area contributed by atoms with Gasteiger partial charge in [-0.2, -0.15) is 10.1 Å². The van der Waals surface area contributed by atoms with E-state index in [2.05, 4.69) is 44.8 Å². The molecular formula is C17H25N7O3. The van der Waals surface area contributed by atoms with Crippen LogP contribution in [0.5, 0.6) is 0 Å². The number of nitrogens with zero attached hydrogens (tertiary/aromatic N) is 4. The first kappa shape index (κ1) is 18.9. The number of hydrogen-bond acceptors (Lipinski definition) is 6. The van der Waals surface area contributed by atoms with Gasteiger partial charge in [0.25, 0.3) is 5.91 Å². The molecule has 27 heavy (non-hydrogen) atoms. The maximum absolute atomic E-state index is 12.6. The summed E-state index contributed by atoms with van der Waals surface area (Å²) in [5.74, 6) is 1.17. The van der Waals surface area contributed by atoms with Gasteiger partial charge in [-0.25, -0.2) is 4.79 Å². The minimum Gasteiger partial charge on any atom is -0.354 e. The molecule has 0 aromatic carbocycles. The third kappa shape index (κ3) is 4.09. The molecule has 3 N–H and O–H groups in total. The van der Waals surface area contributed by atoms with Gasteiger partial charge in [0.15, 0.2) is 11.5 Å². The normalized spacial score (nSPS) is 14.8. The van der Waals surface area contributed by atoms with Crippen molar-refractivity contribution in [1.29, 1.82) is 0 Å². The SMILES string of the molecule is CNC(=O)c1n[nH]c2c1CN(C(=O)N[C@@H](C)c1nc(CC(C)C)no1)CC2. The van der Waals surface area contributed by atoms with Crippen LogP contribution in [0, 0.1) is 5.92 Å². The zero-order valence-electron chi connectivity index (χ0n) is 16.0. The second-order valence-electron chi connectivity index (χ2n) is 7.10. The van der Waals surface area contributed by atoms with Crippen LogP contribution in [0.2, 0.25) is 0 Å². The standard InChI is InChI=1S/C17H25N7O3/c1-9(2)7-13-20-16(27-23-13)10(3)19-17(26)24-6-5-12-11(8-24)14(22-21-12)15(25)18-4/h9-10H,5-8H2,1-4H3,(H,18,25)(H,19,26)(H,21,22)/t10-/m0/s1. The lowest BCUT2D eigenvalue weighted by atomic mass is 10.1. The van der Waals surface area contributed by atoms with Crippen LogP contribution in [0.25, 0.3) is 0 Å². The highest BCUT2D eigenvalue weighted by molar-refractivity contribution is 5.94. The molecule has 1 aliphatic heterocycles. The van der Waals surface area contributed by atoms with Crippen molar-refractivity contribution in [3.63, 3.8) is 0 Å². The molecule has 10 heteroatoms. The van der Waals surface area contributed by atoms with Crippen LogP contribution in [-0.4, -0.2) is 50.8 Å². The van der Waals surface area contributed by atoms with E-state index in [1.165, 1.54) is 0 Å². The molecule has 0 saturated heterocycles. The van der Waals surface area contributed by atoms with E-state index < -0.39 is 6.04 Å². The molecule has 0 unspecified atom stereocenters. The Labute approximate surface area is 157 Å². The Kier molecular flexibility index (Phi) is 5.43. The molecule has 0 bridgehead atoms. The van der Waals surface area contributed by atoms with Gasteiger partial charge in [0, 0.05) is 37.7 Å². The molecule has 10 nitrogen and oxygen atoms in total. The van der Waals surface area contributed by atoms with Crippen LogP contribution in [0.15, 0.2) is 4.52 Å². The Morgan fingerprint density at radius 2 is 2.11 bits per heavy atom. The summed E-state index contributed by atoms with van der Waals surface area (Å²) in [6, 6.07) is -0.657. The molecule has 0 spiro atoms. The Morgan fingerprint density at radius 3 is 2.81 bits per heavy atom. The monoisotopic (exact) mass is 375 g/mol. The molecule has 3 amide bonds. The summed E-state index contributed by atoms with van der Waals surface area (Å²) in [6.07, 6.45) is 1.34. The zero-order chi connectivity index (χ0) is 19.6. The van der Waals surface area contributed by atoms with Gasteiger partial charge in [0.05, 0.1) is 6.54 Å². The van der Waals surface area contributed by atoms with E-state index in [9.17, 15) is 9.59 Å². The van der Waals surface area contributed by atoms with E-state index in [-0.39, 0.29) is 11.9 Å². The molecular weight excluding hydrogens is 350 g/mol. The number of carbonyl (C=O) groups is 2. The maximum atomic E-state index is 12.6. The Bertz CT molecular complexity index is 826. The van der Waals surface area contributed by atoms with Crippen molar-refractivity contribution in [2.75, 3.05) is 13.6 Å². The first-order valence-corrected chi connectivity index (χ1v) is 9.05. The number of nitrogens with one attached hydrogen (secondary N) is 3. The summed E-state index contributed by atoms with van der Waals surface area (Å²) in [4.78, 5) is 30.6. The van der Waals surface area contributed by atoms with Crippen molar-refractivity contribution >= 4 is 11.9 Å². The van der Waals surface area contributed by atoms with Crippen molar-refractivity contribution in [1.82, 2.24) is 35.9 Å². The lowest BCUT2D eigenvalue weighted by molar-refractivity contribution is 0.0955. The van der Waals surface area contributed by atoms with Gasteiger partial charge >= 0.3 is 6.03 Å². The zero-order valence-corrected chi connectivity index (χ0v) is 16.0. The fourth-order valence-electron chi connectivity index (χ4n) is 3.00. The molecule has 0 aliphatic carbocycles. The van der Waals surface area contributed by atoms with Crippen molar-refractivity contribution in [3.05, 3.63) is 28.7 Å². The molecule has 2 aromatic heterocycles. The van der Waals surface area contributed by atoms with Crippen LogP contribution < -0.4 is 10.6 Å². The van der Waals surface area contributed by atoms with Gasteiger partial charge in [-0.3, -0.25) is 9.89 Å². The predicted octanol–water partition coefficient (Wildman–Crippen LogP) is 1.18. The average molecular weight is 375 g/mol. The number of carbonyl (C=O) groups excluding carboxylic acids is 2. The van der Waals surface area contributed by atoms with E-state index >= 15 is 0 Å². The van der Waals surface area contributed by atoms with Crippen molar-refractivity contribution in [2.24, 2.45) is 5.92 Å². The van der Waals surface area contributed by atoms with Crippen LogP contribution in [0.1, 0.15) is 60.3 Å². The van der Waals surface area contributed by atoms with E-state index in [1.54, 1.807) is 18.9 Å². The second kappa shape index (κ2) is 7.77. The smallest absolute Gasteiger partial charge is 0.318 e. The summed E-state index contributed by atoms with van der Waals surface area (Å²) in [6.45, 7) is 6.80. The Balaban J connectivity index is 1.64. The van der Waals surface area contributed by atoms with Crippen LogP contribution in [0.4, 0.5) is 4.79 Å². The van der Waals surface area contributed by atoms with E-state index in [1.807, 2.05) is 0 Å². The Hall–Kier alpha value is -2.91. The van der Waals surface area contributed by atoms with Gasteiger partial charge in [-0.1, -0.05) is 19.0 Å². The highest BCUT2D eigenvalue weighted by Gasteiger charge is 2.28. The molecule has 146 valence electrons. The lowest BCUT2D eigenvalue weighted by Crippen LogP contribution is -2.44. The number of aromatic amines is 1. The van der Waals surface area contributed by atoms with Crippen LogP contribution >= 0.6 is 0 Å². The maximum Gasteiger partial charge on any atom is 0.318 e. The van der Waals surface area contributed by atoms with Crippen LogP contribution in [0.3, 0.4) is 0 Å². The molecule has 0 saturated carbocycles. The number of hydrogen-bond donors (Lipinski definition) is 3. The minimum atomic E-state index is -0.407. The number of fused-ring (bicyclic) bond motifs is 1. The van der Waals surface area contributed by atoms with E-state index in [0.717, 1.165) is 17.7 Å². The summed E-state index contributed by atoms with van der Waals surface area (Å²) < 4.78 is 5.26. The molecule has 1 aliphatic rings. The fourth-order valence-corrected chi connectivity index (χ4v) is 3.00. The number of amides is 3. The van der Waals surface area contributed by atoms with Gasteiger partial charge in [0.1, 0.15) is 6.04 Å². The topological polar surface area (TPSA) is 129 Å². The number of rotatable bonds is 5. The minimum absolute atomic E-state index is 0.249.